The van der Waals surface area contributed by atoms with Crippen LogP contribution in [0.2, 0.25) is 0 Å². The molecule has 0 amide bonds. The first-order valence-electron chi connectivity index (χ1n) is 8.89. The predicted octanol–water partition coefficient (Wildman–Crippen LogP) is 3.86. The molecule has 30 heavy (non-hydrogen) atoms. The Morgan fingerprint density at radius 1 is 1.10 bits per heavy atom. The average molecular weight is 411 g/mol. The Morgan fingerprint density at radius 2 is 1.93 bits per heavy atom. The number of rotatable bonds is 6. The molecule has 0 atom stereocenters. The predicted molar refractivity (Wildman–Crippen MR) is 110 cm³/mol. The van der Waals surface area contributed by atoms with Gasteiger partial charge in [-0.3, -0.25) is 4.98 Å². The summed E-state index contributed by atoms with van der Waals surface area (Å²) in [6.45, 7) is 1.88. The van der Waals surface area contributed by atoms with E-state index >= 15 is 0 Å². The number of anilines is 4. The smallest absolute Gasteiger partial charge is 0.417 e. The minimum Gasteiger partial charge on any atom is -0.493 e. The molecule has 0 spiro atoms. The highest BCUT2D eigenvalue weighted by Crippen LogP contribution is 2.34. The summed E-state index contributed by atoms with van der Waals surface area (Å²) >= 11 is 0. The van der Waals surface area contributed by atoms with Crippen molar-refractivity contribution >= 4 is 34.2 Å². The van der Waals surface area contributed by atoms with E-state index in [4.69, 9.17) is 13.9 Å². The number of ether oxygens (including phenoxy) is 2. The van der Waals surface area contributed by atoms with Gasteiger partial charge in [-0.1, -0.05) is 0 Å². The zero-order chi connectivity index (χ0) is 21.3. The number of halogens is 1. The second kappa shape index (κ2) is 7.74. The molecule has 0 fully saturated rings. The highest BCUT2D eigenvalue weighted by Gasteiger charge is 2.12. The normalized spacial score (nSPS) is 10.8. The van der Waals surface area contributed by atoms with Crippen LogP contribution in [0.1, 0.15) is 5.56 Å². The number of aromatic amines is 1. The summed E-state index contributed by atoms with van der Waals surface area (Å²) in [5.41, 5.74) is 2.91. The van der Waals surface area contributed by atoms with E-state index in [0.29, 0.717) is 34.0 Å². The van der Waals surface area contributed by atoms with Crippen LogP contribution >= 0.6 is 0 Å². The Hall–Kier alpha value is -4.08. The van der Waals surface area contributed by atoms with Crippen molar-refractivity contribution in [2.75, 3.05) is 24.9 Å². The van der Waals surface area contributed by atoms with Gasteiger partial charge in [-0.2, -0.15) is 4.98 Å². The molecule has 154 valence electrons. The highest BCUT2D eigenvalue weighted by molar-refractivity contribution is 5.78. The number of benzene rings is 2. The van der Waals surface area contributed by atoms with E-state index in [1.807, 2.05) is 13.0 Å². The molecule has 2 aromatic heterocycles. The summed E-state index contributed by atoms with van der Waals surface area (Å²) in [6.07, 6.45) is 1.06. The van der Waals surface area contributed by atoms with Crippen molar-refractivity contribution in [3.05, 3.63) is 58.5 Å². The molecule has 0 unspecified atom stereocenters. The van der Waals surface area contributed by atoms with Crippen LogP contribution in [0.3, 0.4) is 0 Å². The fourth-order valence-electron chi connectivity index (χ4n) is 3.04. The fourth-order valence-corrected chi connectivity index (χ4v) is 3.04. The van der Waals surface area contributed by atoms with Gasteiger partial charge in [-0.15, -0.1) is 0 Å². The third kappa shape index (κ3) is 3.75. The van der Waals surface area contributed by atoms with Gasteiger partial charge >= 0.3 is 5.76 Å². The Morgan fingerprint density at radius 3 is 2.70 bits per heavy atom. The SMILES string of the molecule is COc1cc(Nc2ncc(F)c(Nc3ccc4oc(=O)[nH]c4c3)n2)cc(C)c1OC. The number of hydrogen-bond acceptors (Lipinski definition) is 8. The maximum absolute atomic E-state index is 14.3. The van der Waals surface area contributed by atoms with Crippen molar-refractivity contribution in [2.45, 2.75) is 6.92 Å². The number of nitrogens with zero attached hydrogens (tertiary/aromatic N) is 2. The summed E-state index contributed by atoms with van der Waals surface area (Å²) in [4.78, 5) is 22.0. The second-order valence-corrected chi connectivity index (χ2v) is 6.39. The summed E-state index contributed by atoms with van der Waals surface area (Å²) in [5.74, 6) is 0.121. The molecule has 4 aromatic rings. The van der Waals surface area contributed by atoms with Gasteiger partial charge < -0.3 is 24.5 Å². The van der Waals surface area contributed by atoms with Crippen molar-refractivity contribution in [3.8, 4) is 11.5 Å². The number of aromatic nitrogens is 3. The lowest BCUT2D eigenvalue weighted by Gasteiger charge is -2.14. The van der Waals surface area contributed by atoms with Crippen LogP contribution in [0.4, 0.5) is 27.5 Å². The molecule has 3 N–H and O–H groups in total. The lowest BCUT2D eigenvalue weighted by atomic mass is 10.2. The topological polar surface area (TPSA) is 114 Å². The van der Waals surface area contributed by atoms with Gasteiger partial charge in [0.2, 0.25) is 5.95 Å². The Bertz CT molecular complexity index is 1280. The van der Waals surface area contributed by atoms with Crippen LogP contribution in [-0.2, 0) is 0 Å². The first-order valence-corrected chi connectivity index (χ1v) is 8.89. The molecule has 0 radical (unpaired) electrons. The third-order valence-corrected chi connectivity index (χ3v) is 4.35. The quantitative estimate of drug-likeness (QED) is 0.438. The monoisotopic (exact) mass is 411 g/mol. The van der Waals surface area contributed by atoms with Crippen LogP contribution in [0.25, 0.3) is 11.1 Å². The number of H-pyrrole nitrogens is 1. The molecule has 2 heterocycles. The lowest BCUT2D eigenvalue weighted by molar-refractivity contribution is 0.353. The van der Waals surface area contributed by atoms with Gasteiger partial charge in [0.15, 0.2) is 28.7 Å². The standard InChI is InChI=1S/C20H18FN5O4/c1-10-6-12(8-16(28-2)17(10)29-3)24-19-22-9-13(21)18(26-19)23-11-4-5-15-14(7-11)25-20(27)30-15/h4-9H,1-3H3,(H,25,27)(H2,22,23,24,26). The zero-order valence-corrected chi connectivity index (χ0v) is 16.4. The minimum atomic E-state index is -0.634. The first kappa shape index (κ1) is 19.2. The molecule has 2 aromatic carbocycles. The third-order valence-electron chi connectivity index (χ3n) is 4.35. The number of aryl methyl sites for hydroxylation is 1. The van der Waals surface area contributed by atoms with E-state index in [-0.39, 0.29) is 11.8 Å². The Balaban J connectivity index is 1.61. The maximum atomic E-state index is 14.3. The van der Waals surface area contributed by atoms with Crippen LogP contribution in [-0.4, -0.2) is 29.2 Å². The van der Waals surface area contributed by atoms with Crippen molar-refractivity contribution in [1.82, 2.24) is 15.0 Å². The summed E-state index contributed by atoms with van der Waals surface area (Å²) in [5, 5.41) is 5.91. The van der Waals surface area contributed by atoms with E-state index in [9.17, 15) is 9.18 Å². The van der Waals surface area contributed by atoms with Crippen molar-refractivity contribution in [3.63, 3.8) is 0 Å². The van der Waals surface area contributed by atoms with Gasteiger partial charge in [0.1, 0.15) is 0 Å². The van der Waals surface area contributed by atoms with Crippen LogP contribution in [0, 0.1) is 12.7 Å². The maximum Gasteiger partial charge on any atom is 0.417 e. The number of nitrogens with one attached hydrogen (secondary N) is 3. The fraction of sp³-hybridized carbons (Fsp3) is 0.150. The van der Waals surface area contributed by atoms with Gasteiger partial charge in [0.05, 0.1) is 25.9 Å². The number of oxazole rings is 1. The van der Waals surface area contributed by atoms with Crippen LogP contribution in [0.5, 0.6) is 11.5 Å². The Labute approximate surface area is 169 Å². The molecule has 4 rings (SSSR count). The largest absolute Gasteiger partial charge is 0.493 e. The second-order valence-electron chi connectivity index (χ2n) is 6.39. The van der Waals surface area contributed by atoms with E-state index in [1.54, 1.807) is 38.5 Å². The molecule has 0 aliphatic heterocycles. The molecule has 0 saturated heterocycles. The molecular formula is C20H18FN5O4. The van der Waals surface area contributed by atoms with Crippen molar-refractivity contribution in [1.29, 1.82) is 0 Å². The molecule has 9 nitrogen and oxygen atoms in total. The van der Waals surface area contributed by atoms with Crippen molar-refractivity contribution in [2.24, 2.45) is 0 Å². The molecule has 0 bridgehead atoms. The van der Waals surface area contributed by atoms with Crippen molar-refractivity contribution < 1.29 is 18.3 Å². The summed E-state index contributed by atoms with van der Waals surface area (Å²) < 4.78 is 29.9. The van der Waals surface area contributed by atoms with E-state index in [1.165, 1.54) is 0 Å². The van der Waals surface area contributed by atoms with E-state index in [2.05, 4.69) is 25.6 Å². The van der Waals surface area contributed by atoms with Crippen LogP contribution < -0.4 is 25.9 Å². The molecular weight excluding hydrogens is 393 g/mol. The minimum absolute atomic E-state index is 0.0325. The number of hydrogen-bond donors (Lipinski definition) is 3. The zero-order valence-electron chi connectivity index (χ0n) is 16.4. The van der Waals surface area contributed by atoms with Crippen LogP contribution in [0.15, 0.2) is 45.7 Å². The lowest BCUT2D eigenvalue weighted by Crippen LogP contribution is -2.04. The number of fused-ring (bicyclic) bond motifs is 1. The van der Waals surface area contributed by atoms with Gasteiger partial charge in [-0.25, -0.2) is 14.2 Å². The van der Waals surface area contributed by atoms with E-state index < -0.39 is 11.6 Å². The summed E-state index contributed by atoms with van der Waals surface area (Å²) in [6, 6.07) is 8.43. The van der Waals surface area contributed by atoms with Gasteiger partial charge in [0, 0.05) is 17.4 Å². The highest BCUT2D eigenvalue weighted by atomic mass is 19.1. The molecule has 0 aliphatic rings. The average Bonchev–Trinajstić information content (AvgIpc) is 3.09. The molecule has 0 saturated carbocycles. The summed E-state index contributed by atoms with van der Waals surface area (Å²) in [7, 11) is 3.11. The number of methoxy groups -OCH3 is 2. The van der Waals surface area contributed by atoms with E-state index in [0.717, 1.165) is 11.8 Å². The Kier molecular flexibility index (Phi) is 4.97. The van der Waals surface area contributed by atoms with Gasteiger partial charge in [-0.05, 0) is 36.8 Å². The van der Waals surface area contributed by atoms with Gasteiger partial charge in [0.25, 0.3) is 0 Å². The molecule has 10 heteroatoms. The first-order chi connectivity index (χ1) is 14.5. The molecule has 0 aliphatic carbocycles.